The van der Waals surface area contributed by atoms with Gasteiger partial charge in [0.05, 0.1) is 17.1 Å². The number of amides is 1. The number of rotatable bonds is 7. The summed E-state index contributed by atoms with van der Waals surface area (Å²) in [5, 5.41) is 1.95. The fraction of sp³-hybridized carbons (Fsp3) is 0.190. The highest BCUT2D eigenvalue weighted by atomic mass is 32.2. The van der Waals surface area contributed by atoms with Gasteiger partial charge in [0.2, 0.25) is 5.91 Å². The van der Waals surface area contributed by atoms with E-state index in [9.17, 15) is 13.2 Å². The lowest BCUT2D eigenvalue weighted by molar-refractivity contribution is -0.128. The summed E-state index contributed by atoms with van der Waals surface area (Å²) in [5.41, 5.74) is 1.43. The Hall–Kier alpha value is -2.64. The average molecular weight is 415 g/mol. The van der Waals surface area contributed by atoms with E-state index in [1.807, 2.05) is 30.5 Å². The maximum Gasteiger partial charge on any atom is 0.264 e. The van der Waals surface area contributed by atoms with Gasteiger partial charge in [-0.05, 0) is 42.6 Å². The van der Waals surface area contributed by atoms with Crippen LogP contribution in [0.25, 0.3) is 0 Å². The zero-order chi connectivity index (χ0) is 20.1. The lowest BCUT2D eigenvalue weighted by Crippen LogP contribution is -2.41. The largest absolute Gasteiger partial charge is 0.339 e. The Morgan fingerprint density at radius 1 is 0.964 bits per heavy atom. The number of aryl methyl sites for hydroxylation is 1. The summed E-state index contributed by atoms with van der Waals surface area (Å²) in [5.74, 6) is -0.270. The predicted molar refractivity (Wildman–Crippen MR) is 113 cm³/mol. The fourth-order valence-electron chi connectivity index (χ4n) is 2.71. The van der Waals surface area contributed by atoms with Crippen LogP contribution in [0.3, 0.4) is 0 Å². The second-order valence-electron chi connectivity index (χ2n) is 6.49. The van der Waals surface area contributed by atoms with Gasteiger partial charge in [0.1, 0.15) is 6.54 Å². The molecule has 2 aromatic carbocycles. The molecule has 1 aromatic heterocycles. The number of carbonyl (C=O) groups is 1. The molecule has 0 N–H and O–H groups in total. The molecule has 0 bridgehead atoms. The summed E-state index contributed by atoms with van der Waals surface area (Å²) in [6, 6.07) is 19.2. The van der Waals surface area contributed by atoms with Crippen LogP contribution in [0.2, 0.25) is 0 Å². The van der Waals surface area contributed by atoms with Crippen LogP contribution in [0, 0.1) is 6.92 Å². The SMILES string of the molecule is Cc1ccc(S(=O)(=O)N(CC(=O)N(C)Cc2cccs2)c2ccccc2)cc1. The van der Waals surface area contributed by atoms with Gasteiger partial charge in [0.25, 0.3) is 10.0 Å². The molecule has 0 spiro atoms. The van der Waals surface area contributed by atoms with Crippen molar-refractivity contribution in [2.75, 3.05) is 17.9 Å². The molecule has 1 heterocycles. The quantitative estimate of drug-likeness (QED) is 0.589. The van der Waals surface area contributed by atoms with Gasteiger partial charge in [-0.25, -0.2) is 8.42 Å². The van der Waals surface area contributed by atoms with E-state index >= 15 is 0 Å². The summed E-state index contributed by atoms with van der Waals surface area (Å²) in [6.45, 7) is 2.08. The zero-order valence-electron chi connectivity index (χ0n) is 15.8. The maximum atomic E-state index is 13.3. The van der Waals surface area contributed by atoms with Crippen molar-refractivity contribution in [1.82, 2.24) is 4.90 Å². The number of para-hydroxylation sites is 1. The zero-order valence-corrected chi connectivity index (χ0v) is 17.4. The third-order valence-corrected chi connectivity index (χ3v) is 6.98. The van der Waals surface area contributed by atoms with Gasteiger partial charge in [-0.15, -0.1) is 11.3 Å². The van der Waals surface area contributed by atoms with E-state index in [1.54, 1.807) is 71.8 Å². The third kappa shape index (κ3) is 4.61. The first-order chi connectivity index (χ1) is 13.4. The van der Waals surface area contributed by atoms with Gasteiger partial charge in [0.15, 0.2) is 0 Å². The van der Waals surface area contributed by atoms with E-state index < -0.39 is 10.0 Å². The number of hydrogen-bond acceptors (Lipinski definition) is 4. The molecule has 0 unspecified atom stereocenters. The Balaban J connectivity index is 1.89. The molecule has 1 amide bonds. The summed E-state index contributed by atoms with van der Waals surface area (Å²) in [4.78, 5) is 15.6. The van der Waals surface area contributed by atoms with E-state index in [1.165, 1.54) is 4.31 Å². The number of benzene rings is 2. The molecule has 0 saturated carbocycles. The molecule has 0 aliphatic carbocycles. The summed E-state index contributed by atoms with van der Waals surface area (Å²) < 4.78 is 27.7. The molecular weight excluding hydrogens is 392 g/mol. The molecule has 146 valence electrons. The van der Waals surface area contributed by atoms with E-state index in [-0.39, 0.29) is 17.3 Å². The second-order valence-corrected chi connectivity index (χ2v) is 9.38. The van der Waals surface area contributed by atoms with Crippen LogP contribution < -0.4 is 4.31 Å². The summed E-state index contributed by atoms with van der Waals surface area (Å²) in [7, 11) is -2.19. The first kappa shape index (κ1) is 20.1. The topological polar surface area (TPSA) is 57.7 Å². The third-order valence-electron chi connectivity index (χ3n) is 4.33. The van der Waals surface area contributed by atoms with Crippen molar-refractivity contribution in [3.05, 3.63) is 82.6 Å². The number of carbonyl (C=O) groups excluding carboxylic acids is 1. The summed E-state index contributed by atoms with van der Waals surface area (Å²) in [6.07, 6.45) is 0. The first-order valence-electron chi connectivity index (χ1n) is 8.79. The molecule has 0 fully saturated rings. The van der Waals surface area contributed by atoms with Gasteiger partial charge >= 0.3 is 0 Å². The molecule has 0 radical (unpaired) electrons. The van der Waals surface area contributed by atoms with E-state index in [2.05, 4.69) is 0 Å². The Labute approximate surface area is 169 Å². The van der Waals surface area contributed by atoms with E-state index in [0.717, 1.165) is 10.4 Å². The Kier molecular flexibility index (Phi) is 6.16. The molecule has 7 heteroatoms. The molecule has 0 saturated heterocycles. The number of sulfonamides is 1. The van der Waals surface area contributed by atoms with Crippen LogP contribution >= 0.6 is 11.3 Å². The Bertz CT molecular complexity index is 1020. The monoisotopic (exact) mass is 414 g/mol. The number of likely N-dealkylation sites (N-methyl/N-ethyl adjacent to an activating group) is 1. The van der Waals surface area contributed by atoms with Gasteiger partial charge in [-0.3, -0.25) is 9.10 Å². The average Bonchev–Trinajstić information content (AvgIpc) is 3.19. The van der Waals surface area contributed by atoms with Gasteiger partial charge in [-0.1, -0.05) is 42.0 Å². The highest BCUT2D eigenvalue weighted by Crippen LogP contribution is 2.24. The predicted octanol–water partition coefficient (Wildman–Crippen LogP) is 3.91. The highest BCUT2D eigenvalue weighted by molar-refractivity contribution is 7.92. The van der Waals surface area contributed by atoms with E-state index in [0.29, 0.717) is 12.2 Å². The normalized spacial score (nSPS) is 11.2. The number of thiophene rings is 1. The molecule has 28 heavy (non-hydrogen) atoms. The van der Waals surface area contributed by atoms with Crippen LogP contribution in [-0.4, -0.2) is 32.8 Å². The molecule has 3 aromatic rings. The van der Waals surface area contributed by atoms with Crippen molar-refractivity contribution >= 4 is 33.0 Å². The second kappa shape index (κ2) is 8.58. The molecular formula is C21H22N2O3S2. The van der Waals surface area contributed by atoms with Crippen molar-refractivity contribution in [2.45, 2.75) is 18.4 Å². The van der Waals surface area contributed by atoms with Gasteiger partial charge in [0, 0.05) is 11.9 Å². The molecule has 5 nitrogen and oxygen atoms in total. The fourth-order valence-corrected chi connectivity index (χ4v) is 4.89. The minimum atomic E-state index is -3.87. The standard InChI is InChI=1S/C21H22N2O3S2/c1-17-10-12-20(13-11-17)28(25,26)23(18-7-4-3-5-8-18)16-21(24)22(2)15-19-9-6-14-27-19/h3-14H,15-16H2,1-2H3. The number of hydrogen-bond donors (Lipinski definition) is 0. The maximum absolute atomic E-state index is 13.3. The van der Waals surface area contributed by atoms with Crippen LogP contribution in [0.5, 0.6) is 0 Å². The van der Waals surface area contributed by atoms with E-state index in [4.69, 9.17) is 0 Å². The lowest BCUT2D eigenvalue weighted by atomic mass is 10.2. The first-order valence-corrected chi connectivity index (χ1v) is 11.1. The number of nitrogens with zero attached hydrogens (tertiary/aromatic N) is 2. The highest BCUT2D eigenvalue weighted by Gasteiger charge is 2.28. The summed E-state index contributed by atoms with van der Waals surface area (Å²) >= 11 is 1.56. The smallest absolute Gasteiger partial charge is 0.264 e. The van der Waals surface area contributed by atoms with Gasteiger partial charge in [-0.2, -0.15) is 0 Å². The van der Waals surface area contributed by atoms with Crippen LogP contribution in [0.4, 0.5) is 5.69 Å². The van der Waals surface area contributed by atoms with Crippen molar-refractivity contribution in [2.24, 2.45) is 0 Å². The molecule has 0 aliphatic heterocycles. The van der Waals surface area contributed by atoms with Crippen molar-refractivity contribution < 1.29 is 13.2 Å². The molecule has 3 rings (SSSR count). The van der Waals surface area contributed by atoms with Crippen LogP contribution in [0.15, 0.2) is 77.0 Å². The van der Waals surface area contributed by atoms with Crippen molar-refractivity contribution in [1.29, 1.82) is 0 Å². The van der Waals surface area contributed by atoms with Crippen molar-refractivity contribution in [3.63, 3.8) is 0 Å². The molecule has 0 atom stereocenters. The lowest BCUT2D eigenvalue weighted by Gasteiger charge is -2.26. The van der Waals surface area contributed by atoms with Gasteiger partial charge < -0.3 is 4.90 Å². The number of anilines is 1. The Morgan fingerprint density at radius 2 is 1.64 bits per heavy atom. The van der Waals surface area contributed by atoms with Crippen LogP contribution in [-0.2, 0) is 21.4 Å². The minimum Gasteiger partial charge on any atom is -0.339 e. The molecule has 0 aliphatic rings. The van der Waals surface area contributed by atoms with Crippen LogP contribution in [0.1, 0.15) is 10.4 Å². The minimum absolute atomic E-state index is 0.163. The Morgan fingerprint density at radius 3 is 2.25 bits per heavy atom. The van der Waals surface area contributed by atoms with Crippen molar-refractivity contribution in [3.8, 4) is 0 Å².